The molecule has 0 saturated heterocycles. The number of aryl methyl sites for hydroxylation is 1. The Kier molecular flexibility index (Phi) is 4.77. The predicted molar refractivity (Wildman–Crippen MR) is 103 cm³/mol. The fraction of sp³-hybridized carbons (Fsp3) is 0.409. The van der Waals surface area contributed by atoms with Crippen LogP contribution in [0.25, 0.3) is 0 Å². The monoisotopic (exact) mass is 383 g/mol. The Morgan fingerprint density at radius 1 is 1.18 bits per heavy atom. The van der Waals surface area contributed by atoms with Gasteiger partial charge in [-0.2, -0.15) is 0 Å². The third kappa shape index (κ3) is 3.84. The van der Waals surface area contributed by atoms with Crippen LogP contribution in [0.3, 0.4) is 0 Å². The number of phenolic OH excluding ortho intramolecular Hbond substituents is 1. The molecule has 0 bridgehead atoms. The van der Waals surface area contributed by atoms with E-state index < -0.39 is 17.8 Å². The number of aromatic hydroxyl groups is 1. The van der Waals surface area contributed by atoms with Crippen molar-refractivity contribution in [3.8, 4) is 11.5 Å². The smallest absolute Gasteiger partial charge is 0.253 e. The fourth-order valence-corrected chi connectivity index (χ4v) is 3.83. The van der Waals surface area contributed by atoms with E-state index in [-0.39, 0.29) is 11.8 Å². The highest BCUT2D eigenvalue weighted by Crippen LogP contribution is 2.33. The van der Waals surface area contributed by atoms with E-state index in [1.54, 1.807) is 30.3 Å². The molecule has 6 heteroatoms. The van der Waals surface area contributed by atoms with Crippen LogP contribution in [0.1, 0.15) is 48.6 Å². The van der Waals surface area contributed by atoms with E-state index in [0.29, 0.717) is 24.3 Å². The van der Waals surface area contributed by atoms with Crippen molar-refractivity contribution < 1.29 is 24.5 Å². The summed E-state index contributed by atoms with van der Waals surface area (Å²) >= 11 is 0. The molecule has 0 fully saturated rings. The minimum absolute atomic E-state index is 0.0680. The second-order valence-electron chi connectivity index (χ2n) is 7.96. The number of nitrogens with one attached hydrogen (secondary N) is 1. The van der Waals surface area contributed by atoms with Crippen molar-refractivity contribution in [1.29, 1.82) is 0 Å². The lowest BCUT2D eigenvalue weighted by molar-refractivity contribution is -0.180. The number of fused-ring (bicyclic) bond motifs is 2. The Morgan fingerprint density at radius 3 is 2.82 bits per heavy atom. The lowest BCUT2D eigenvalue weighted by Crippen LogP contribution is -2.41. The lowest BCUT2D eigenvalue weighted by Gasteiger charge is -2.33. The molecule has 28 heavy (non-hydrogen) atoms. The molecule has 1 aliphatic heterocycles. The molecule has 0 aromatic heterocycles. The summed E-state index contributed by atoms with van der Waals surface area (Å²) in [6.45, 7) is 4.05. The van der Waals surface area contributed by atoms with Crippen molar-refractivity contribution >= 4 is 5.91 Å². The van der Waals surface area contributed by atoms with Crippen LogP contribution < -0.4 is 10.1 Å². The first-order valence-corrected chi connectivity index (χ1v) is 9.56. The van der Waals surface area contributed by atoms with Gasteiger partial charge in [0.2, 0.25) is 5.79 Å². The second-order valence-corrected chi connectivity index (χ2v) is 7.96. The summed E-state index contributed by atoms with van der Waals surface area (Å²) in [4.78, 5) is 12.6. The summed E-state index contributed by atoms with van der Waals surface area (Å²) in [5.74, 6) is -0.175. The molecule has 1 aliphatic carbocycles. The molecule has 0 unspecified atom stereocenters. The zero-order valence-electron chi connectivity index (χ0n) is 16.1. The van der Waals surface area contributed by atoms with Gasteiger partial charge in [-0.15, -0.1) is 0 Å². The number of carbonyl (C=O) groups is 1. The highest BCUT2D eigenvalue weighted by Gasteiger charge is 2.29. The zero-order valence-corrected chi connectivity index (χ0v) is 16.1. The lowest BCUT2D eigenvalue weighted by atomic mass is 9.88. The molecule has 0 saturated carbocycles. The van der Waals surface area contributed by atoms with E-state index in [9.17, 15) is 15.0 Å². The predicted octanol–water partition coefficient (Wildman–Crippen LogP) is 2.74. The van der Waals surface area contributed by atoms with Crippen molar-refractivity contribution in [3.63, 3.8) is 0 Å². The first kappa shape index (κ1) is 18.8. The maximum Gasteiger partial charge on any atom is 0.253 e. The average Bonchev–Trinajstić information content (AvgIpc) is 2.66. The summed E-state index contributed by atoms with van der Waals surface area (Å²) in [7, 11) is 0. The van der Waals surface area contributed by atoms with Crippen molar-refractivity contribution in [3.05, 3.63) is 58.7 Å². The molecule has 2 aliphatic rings. The van der Waals surface area contributed by atoms with E-state index in [1.165, 1.54) is 5.56 Å². The highest BCUT2D eigenvalue weighted by atomic mass is 16.7. The van der Waals surface area contributed by atoms with E-state index in [1.807, 2.05) is 19.9 Å². The molecule has 2 aromatic carbocycles. The molecule has 2 aromatic rings. The first-order chi connectivity index (χ1) is 13.3. The number of carbonyl (C=O) groups excluding carboxylic acids is 1. The Morgan fingerprint density at radius 2 is 2.00 bits per heavy atom. The molecular weight excluding hydrogens is 358 g/mol. The molecule has 2 atom stereocenters. The number of aliphatic hydroxyl groups excluding tert-OH is 1. The van der Waals surface area contributed by atoms with Crippen LogP contribution in [0, 0.1) is 0 Å². The number of hydrogen-bond acceptors (Lipinski definition) is 5. The highest BCUT2D eigenvalue weighted by molar-refractivity contribution is 5.82. The van der Waals surface area contributed by atoms with Crippen LogP contribution in [-0.2, 0) is 29.0 Å². The van der Waals surface area contributed by atoms with Gasteiger partial charge in [0.25, 0.3) is 5.91 Å². The zero-order chi connectivity index (χ0) is 19.9. The molecule has 4 rings (SSSR count). The number of ether oxygens (including phenoxy) is 2. The normalized spacial score (nSPS) is 21.0. The quantitative estimate of drug-likeness (QED) is 0.759. The summed E-state index contributed by atoms with van der Waals surface area (Å²) in [6.07, 6.45) is 1.02. The van der Waals surface area contributed by atoms with Gasteiger partial charge in [0.05, 0.1) is 6.61 Å². The average molecular weight is 383 g/mol. The largest absolute Gasteiger partial charge is 0.508 e. The van der Waals surface area contributed by atoms with Crippen LogP contribution in [0.5, 0.6) is 11.5 Å². The number of aliphatic hydroxyl groups is 1. The molecule has 0 radical (unpaired) electrons. The summed E-state index contributed by atoms with van der Waals surface area (Å²) in [5, 5.41) is 23.1. The van der Waals surface area contributed by atoms with Crippen molar-refractivity contribution in [1.82, 2.24) is 5.32 Å². The Labute approximate surface area is 164 Å². The van der Waals surface area contributed by atoms with E-state index in [0.717, 1.165) is 24.0 Å². The fourth-order valence-electron chi connectivity index (χ4n) is 3.83. The Balaban J connectivity index is 1.43. The summed E-state index contributed by atoms with van der Waals surface area (Å²) in [5.41, 5.74) is 3.56. The molecule has 6 nitrogen and oxygen atoms in total. The first-order valence-electron chi connectivity index (χ1n) is 9.56. The van der Waals surface area contributed by atoms with Crippen molar-refractivity contribution in [2.45, 2.75) is 57.6 Å². The van der Waals surface area contributed by atoms with Crippen LogP contribution >= 0.6 is 0 Å². The van der Waals surface area contributed by atoms with Gasteiger partial charge >= 0.3 is 0 Å². The van der Waals surface area contributed by atoms with Gasteiger partial charge in [-0.1, -0.05) is 12.1 Å². The van der Waals surface area contributed by atoms with Crippen molar-refractivity contribution in [2.24, 2.45) is 0 Å². The minimum atomic E-state index is -1.26. The molecular formula is C22H25NO5. The summed E-state index contributed by atoms with van der Waals surface area (Å²) in [6, 6.07) is 10.5. The van der Waals surface area contributed by atoms with Gasteiger partial charge in [-0.05, 0) is 60.2 Å². The second kappa shape index (κ2) is 7.11. The van der Waals surface area contributed by atoms with Gasteiger partial charge in [0.15, 0.2) is 6.10 Å². The molecule has 0 spiro atoms. The number of benzene rings is 2. The number of amides is 1. The molecule has 148 valence electrons. The number of hydrogen-bond donors (Lipinski definition) is 3. The third-order valence-electron chi connectivity index (χ3n) is 5.34. The standard InChI is InChI=1S/C22H25NO5/c1-22(2)27-12-16-9-14(5-8-19(16)28-22)20(25)21(26)23-17-6-3-13-4-7-18(24)11-15(13)10-17/h4-5,7-9,11,17,20,24-25H,3,6,10,12H2,1-2H3,(H,23,26)/t17-,20+/m0/s1. The molecule has 1 heterocycles. The Bertz CT molecular complexity index is 908. The van der Waals surface area contributed by atoms with Crippen LogP contribution in [0.15, 0.2) is 36.4 Å². The van der Waals surface area contributed by atoms with E-state index >= 15 is 0 Å². The van der Waals surface area contributed by atoms with Crippen LogP contribution in [0.2, 0.25) is 0 Å². The Hall–Kier alpha value is -2.57. The molecule has 3 N–H and O–H groups in total. The van der Waals surface area contributed by atoms with Gasteiger partial charge in [0.1, 0.15) is 11.5 Å². The van der Waals surface area contributed by atoms with E-state index in [4.69, 9.17) is 9.47 Å². The number of rotatable bonds is 3. The van der Waals surface area contributed by atoms with Gasteiger partial charge in [-0.25, -0.2) is 0 Å². The van der Waals surface area contributed by atoms with E-state index in [2.05, 4.69) is 5.32 Å². The number of phenols is 1. The topological polar surface area (TPSA) is 88.0 Å². The van der Waals surface area contributed by atoms with Gasteiger partial charge < -0.3 is 25.0 Å². The van der Waals surface area contributed by atoms with Crippen LogP contribution in [0.4, 0.5) is 0 Å². The van der Waals surface area contributed by atoms with Gasteiger partial charge in [-0.3, -0.25) is 4.79 Å². The third-order valence-corrected chi connectivity index (χ3v) is 5.34. The van der Waals surface area contributed by atoms with Crippen LogP contribution in [-0.4, -0.2) is 27.9 Å². The maximum absolute atomic E-state index is 12.6. The SMILES string of the molecule is CC1(C)OCc2cc([C@@H](O)C(=O)N[C@H]3CCc4ccc(O)cc4C3)ccc2O1. The van der Waals surface area contributed by atoms with Gasteiger partial charge in [0, 0.05) is 25.5 Å². The maximum atomic E-state index is 12.6. The minimum Gasteiger partial charge on any atom is -0.508 e. The molecule has 1 amide bonds. The summed E-state index contributed by atoms with van der Waals surface area (Å²) < 4.78 is 11.4. The van der Waals surface area contributed by atoms with Crippen molar-refractivity contribution in [2.75, 3.05) is 0 Å².